The van der Waals surface area contributed by atoms with Crippen molar-refractivity contribution in [2.45, 2.75) is 13.0 Å². The van der Waals surface area contributed by atoms with Crippen LogP contribution in [0.1, 0.15) is 18.8 Å². The van der Waals surface area contributed by atoms with Gasteiger partial charge in [-0.2, -0.15) is 0 Å². The van der Waals surface area contributed by atoms with Gasteiger partial charge in [-0.15, -0.1) is 0 Å². The Hall–Kier alpha value is -3.95. The van der Waals surface area contributed by atoms with Crippen molar-refractivity contribution >= 4 is 28.1 Å². The quantitative estimate of drug-likeness (QED) is 0.486. The first-order valence-electron chi connectivity index (χ1n) is 8.82. The molecule has 0 radical (unpaired) electrons. The van der Waals surface area contributed by atoms with E-state index in [1.54, 1.807) is 18.3 Å². The number of aromatic nitrogens is 7. The zero-order valence-electron chi connectivity index (χ0n) is 15.1. The highest BCUT2D eigenvalue weighted by molar-refractivity contribution is 5.82. The normalized spacial score (nSPS) is 12.5. The van der Waals surface area contributed by atoms with Gasteiger partial charge in [0.15, 0.2) is 17.1 Å². The number of halogens is 2. The number of pyridine rings is 1. The maximum absolute atomic E-state index is 14.6. The van der Waals surface area contributed by atoms with Gasteiger partial charge < -0.3 is 10.3 Å². The van der Waals surface area contributed by atoms with Crippen molar-refractivity contribution in [2.24, 2.45) is 0 Å². The highest BCUT2D eigenvalue weighted by atomic mass is 19.1. The summed E-state index contributed by atoms with van der Waals surface area (Å²) in [6, 6.07) is 6.70. The number of rotatable bonds is 4. The lowest BCUT2D eigenvalue weighted by atomic mass is 10.2. The largest absolute Gasteiger partial charge is 0.358 e. The molecule has 10 heteroatoms. The SMILES string of the molecule is C[C@H](Nc1ncnc2[nH]cnc12)c1nc2cccnc2n1-c1c(F)cccc1F. The molecule has 0 saturated heterocycles. The van der Waals surface area contributed by atoms with E-state index < -0.39 is 17.7 Å². The Labute approximate surface area is 162 Å². The summed E-state index contributed by atoms with van der Waals surface area (Å²) in [4.78, 5) is 24.3. The van der Waals surface area contributed by atoms with E-state index in [1.807, 2.05) is 6.92 Å². The average Bonchev–Trinajstić information content (AvgIpc) is 3.34. The number of benzene rings is 1. The molecule has 0 fully saturated rings. The van der Waals surface area contributed by atoms with Gasteiger partial charge in [-0.3, -0.25) is 4.57 Å². The molecule has 1 atom stereocenters. The predicted octanol–water partition coefficient (Wildman–Crippen LogP) is 3.54. The van der Waals surface area contributed by atoms with Crippen molar-refractivity contribution in [3.05, 3.63) is 66.6 Å². The van der Waals surface area contributed by atoms with Gasteiger partial charge in [-0.05, 0) is 31.2 Å². The fourth-order valence-electron chi connectivity index (χ4n) is 3.28. The van der Waals surface area contributed by atoms with Crippen LogP contribution in [0.5, 0.6) is 0 Å². The number of nitrogens with zero attached hydrogens (tertiary/aromatic N) is 6. The lowest BCUT2D eigenvalue weighted by Crippen LogP contribution is -2.16. The first-order valence-corrected chi connectivity index (χ1v) is 8.82. The maximum atomic E-state index is 14.6. The number of H-pyrrole nitrogens is 1. The first-order chi connectivity index (χ1) is 14.1. The molecule has 0 aliphatic carbocycles. The fraction of sp³-hybridized carbons (Fsp3) is 0.105. The molecule has 2 N–H and O–H groups in total. The van der Waals surface area contributed by atoms with E-state index in [2.05, 4.69) is 35.2 Å². The summed E-state index contributed by atoms with van der Waals surface area (Å²) >= 11 is 0. The molecule has 0 spiro atoms. The summed E-state index contributed by atoms with van der Waals surface area (Å²) in [7, 11) is 0. The minimum absolute atomic E-state index is 0.232. The zero-order valence-corrected chi connectivity index (χ0v) is 15.1. The highest BCUT2D eigenvalue weighted by Gasteiger charge is 2.24. The molecule has 4 aromatic heterocycles. The number of nitrogens with one attached hydrogen (secondary N) is 2. The van der Waals surface area contributed by atoms with Crippen molar-refractivity contribution in [3.63, 3.8) is 0 Å². The van der Waals surface area contributed by atoms with Crippen molar-refractivity contribution < 1.29 is 8.78 Å². The van der Waals surface area contributed by atoms with E-state index in [0.717, 1.165) is 0 Å². The molecular formula is C19H14F2N8. The number of fused-ring (bicyclic) bond motifs is 2. The standard InChI is InChI=1S/C19H14F2N8/c1-10(27-17-14-16(24-8-23-14)25-9-26-17)18-28-13-6-3-7-22-19(13)29(18)15-11(20)4-2-5-12(15)21/h2-10H,1H3,(H2,23,24,25,26,27)/t10-/m0/s1. The molecule has 0 amide bonds. The van der Waals surface area contributed by atoms with Gasteiger partial charge in [0.25, 0.3) is 0 Å². The number of hydrogen-bond acceptors (Lipinski definition) is 6. The van der Waals surface area contributed by atoms with Crippen LogP contribution in [0.15, 0.2) is 49.2 Å². The van der Waals surface area contributed by atoms with E-state index in [-0.39, 0.29) is 5.69 Å². The van der Waals surface area contributed by atoms with Crippen LogP contribution in [0.4, 0.5) is 14.6 Å². The van der Waals surface area contributed by atoms with Crippen LogP contribution in [-0.4, -0.2) is 34.5 Å². The Morgan fingerprint density at radius 1 is 1.03 bits per heavy atom. The number of aromatic amines is 1. The number of hydrogen-bond donors (Lipinski definition) is 2. The Morgan fingerprint density at radius 2 is 1.86 bits per heavy atom. The third kappa shape index (κ3) is 2.76. The molecule has 144 valence electrons. The van der Waals surface area contributed by atoms with Crippen LogP contribution in [0.25, 0.3) is 28.0 Å². The second-order valence-electron chi connectivity index (χ2n) is 6.41. The van der Waals surface area contributed by atoms with Gasteiger partial charge in [-0.25, -0.2) is 33.7 Å². The molecule has 4 heterocycles. The van der Waals surface area contributed by atoms with Gasteiger partial charge >= 0.3 is 0 Å². The molecule has 0 aliphatic heterocycles. The average molecular weight is 392 g/mol. The van der Waals surface area contributed by atoms with Crippen molar-refractivity contribution in [2.75, 3.05) is 5.32 Å². The number of anilines is 1. The maximum Gasteiger partial charge on any atom is 0.164 e. The number of para-hydroxylation sites is 1. The van der Waals surface area contributed by atoms with E-state index in [0.29, 0.717) is 34.0 Å². The molecule has 29 heavy (non-hydrogen) atoms. The summed E-state index contributed by atoms with van der Waals surface area (Å²) in [6.45, 7) is 1.82. The Morgan fingerprint density at radius 3 is 2.69 bits per heavy atom. The summed E-state index contributed by atoms with van der Waals surface area (Å²) in [5.41, 5.74) is 1.77. The van der Waals surface area contributed by atoms with Crippen molar-refractivity contribution in [1.82, 2.24) is 34.5 Å². The Kier molecular flexibility index (Phi) is 3.90. The minimum Gasteiger partial charge on any atom is -0.358 e. The molecule has 5 rings (SSSR count). The topological polar surface area (TPSA) is 97.2 Å². The van der Waals surface area contributed by atoms with E-state index in [4.69, 9.17) is 0 Å². The fourth-order valence-corrected chi connectivity index (χ4v) is 3.28. The van der Waals surface area contributed by atoms with Crippen LogP contribution in [0, 0.1) is 11.6 Å². The van der Waals surface area contributed by atoms with Gasteiger partial charge in [0.05, 0.1) is 12.4 Å². The lowest BCUT2D eigenvalue weighted by molar-refractivity contribution is 0.565. The summed E-state index contributed by atoms with van der Waals surface area (Å²) in [5, 5.41) is 3.21. The first kappa shape index (κ1) is 17.2. The summed E-state index contributed by atoms with van der Waals surface area (Å²) in [5.74, 6) is -0.561. The van der Waals surface area contributed by atoms with E-state index >= 15 is 0 Å². The monoisotopic (exact) mass is 392 g/mol. The summed E-state index contributed by atoms with van der Waals surface area (Å²) < 4.78 is 30.6. The van der Waals surface area contributed by atoms with Crippen LogP contribution in [-0.2, 0) is 0 Å². The van der Waals surface area contributed by atoms with Crippen LogP contribution >= 0.6 is 0 Å². The number of imidazole rings is 2. The predicted molar refractivity (Wildman–Crippen MR) is 103 cm³/mol. The molecule has 0 bridgehead atoms. The van der Waals surface area contributed by atoms with Gasteiger partial charge in [0.1, 0.15) is 40.5 Å². The lowest BCUT2D eigenvalue weighted by Gasteiger charge is -2.17. The minimum atomic E-state index is -0.708. The third-order valence-electron chi connectivity index (χ3n) is 4.56. The van der Waals surface area contributed by atoms with E-state index in [1.165, 1.54) is 35.4 Å². The summed E-state index contributed by atoms with van der Waals surface area (Å²) in [6.07, 6.45) is 4.47. The molecule has 1 aromatic carbocycles. The van der Waals surface area contributed by atoms with E-state index in [9.17, 15) is 8.78 Å². The van der Waals surface area contributed by atoms with Crippen LogP contribution in [0.2, 0.25) is 0 Å². The van der Waals surface area contributed by atoms with Gasteiger partial charge in [0, 0.05) is 6.20 Å². The van der Waals surface area contributed by atoms with Gasteiger partial charge in [0.2, 0.25) is 0 Å². The highest BCUT2D eigenvalue weighted by Crippen LogP contribution is 2.29. The Bertz CT molecular complexity index is 1320. The van der Waals surface area contributed by atoms with Crippen molar-refractivity contribution in [1.29, 1.82) is 0 Å². The molecule has 0 unspecified atom stereocenters. The molecule has 0 aliphatic rings. The molecule has 0 saturated carbocycles. The van der Waals surface area contributed by atoms with Crippen molar-refractivity contribution in [3.8, 4) is 5.69 Å². The molecule has 5 aromatic rings. The zero-order chi connectivity index (χ0) is 20.0. The second-order valence-corrected chi connectivity index (χ2v) is 6.41. The molecule has 8 nitrogen and oxygen atoms in total. The smallest absolute Gasteiger partial charge is 0.164 e. The van der Waals surface area contributed by atoms with Gasteiger partial charge in [-0.1, -0.05) is 6.07 Å². The van der Waals surface area contributed by atoms with Crippen LogP contribution < -0.4 is 5.32 Å². The third-order valence-corrected chi connectivity index (χ3v) is 4.56. The Balaban J connectivity index is 1.68. The van der Waals surface area contributed by atoms with Crippen LogP contribution in [0.3, 0.4) is 0 Å². The molecular weight excluding hydrogens is 378 g/mol. The second kappa shape index (κ2) is 6.59.